The van der Waals surface area contributed by atoms with Gasteiger partial charge in [-0.15, -0.1) is 5.10 Å². The van der Waals surface area contributed by atoms with Gasteiger partial charge in [-0.3, -0.25) is 53.9 Å². The molecule has 0 radical (unpaired) electrons. The molecule has 0 bridgehead atoms. The number of para-hydroxylation sites is 2. The van der Waals surface area contributed by atoms with E-state index in [0.29, 0.717) is 105 Å². The Morgan fingerprint density at radius 2 is 1.47 bits per heavy atom. The Morgan fingerprint density at radius 1 is 0.694 bits per heavy atom. The summed E-state index contributed by atoms with van der Waals surface area (Å²) in [6.45, 7) is 7.73. The highest BCUT2D eigenvalue weighted by atomic mass is 16.5. The van der Waals surface area contributed by atoms with Crippen molar-refractivity contribution in [3.63, 3.8) is 0 Å². The van der Waals surface area contributed by atoms with Crippen LogP contribution in [0.25, 0.3) is 33.0 Å². The Labute approximate surface area is 413 Å². The molecule has 72 heavy (non-hydrogen) atoms. The number of fused-ring (bicyclic) bond motifs is 3. The van der Waals surface area contributed by atoms with Gasteiger partial charge in [-0.1, -0.05) is 47.7 Å². The van der Waals surface area contributed by atoms with Crippen LogP contribution in [0, 0.1) is 0 Å². The summed E-state index contributed by atoms with van der Waals surface area (Å²) >= 11 is 0. The second-order valence-electron chi connectivity index (χ2n) is 17.9. The molecule has 7 heterocycles. The molecule has 10 rings (SSSR count). The van der Waals surface area contributed by atoms with E-state index in [9.17, 15) is 28.8 Å². The Balaban J connectivity index is 0.594. The number of H-pyrrole nitrogens is 1. The summed E-state index contributed by atoms with van der Waals surface area (Å²) in [6, 6.07) is 19.2. The summed E-state index contributed by atoms with van der Waals surface area (Å²) in [4.78, 5) is 95.7. The predicted molar refractivity (Wildman–Crippen MR) is 263 cm³/mol. The number of ether oxygens (including phenoxy) is 3. The quantitative estimate of drug-likeness (QED) is 0.0564. The fourth-order valence-corrected chi connectivity index (χ4v) is 9.54. The second-order valence-corrected chi connectivity index (χ2v) is 17.9. The minimum Gasteiger partial charge on any atom is -0.382 e. The molecule has 372 valence electrons. The number of carbonyl (C=O) groups excluding carboxylic acids is 6. The van der Waals surface area contributed by atoms with E-state index >= 15 is 0 Å². The van der Waals surface area contributed by atoms with Crippen LogP contribution in [-0.2, 0) is 46.4 Å². The van der Waals surface area contributed by atoms with Crippen molar-refractivity contribution in [1.29, 1.82) is 0 Å². The average molecular weight is 979 g/mol. The Hall–Kier alpha value is -7.72. The Morgan fingerprint density at radius 3 is 2.32 bits per heavy atom. The van der Waals surface area contributed by atoms with Crippen LogP contribution in [0.5, 0.6) is 0 Å². The highest BCUT2D eigenvalue weighted by Gasteiger charge is 2.45. The highest BCUT2D eigenvalue weighted by molar-refractivity contribution is 6.50. The summed E-state index contributed by atoms with van der Waals surface area (Å²) in [5.41, 5.74) is 4.94. The zero-order chi connectivity index (χ0) is 49.6. The maximum atomic E-state index is 13.5. The lowest BCUT2D eigenvalue weighted by atomic mass is 9.97. The van der Waals surface area contributed by atoms with Crippen LogP contribution >= 0.6 is 0 Å². The molecule has 2 saturated heterocycles. The van der Waals surface area contributed by atoms with Gasteiger partial charge >= 0.3 is 0 Å². The third kappa shape index (κ3) is 10.2. The zero-order valence-electron chi connectivity index (χ0n) is 39.6. The molecule has 2 fully saturated rings. The van der Waals surface area contributed by atoms with Gasteiger partial charge < -0.3 is 29.4 Å². The third-order valence-corrected chi connectivity index (χ3v) is 13.2. The fraction of sp³-hybridized carbons (Fsp3) is 0.373. The number of hydrogen-bond acceptors (Lipinski definition) is 16. The molecule has 0 aliphatic carbocycles. The molecule has 0 spiro atoms. The summed E-state index contributed by atoms with van der Waals surface area (Å²) in [5.74, 6) is -2.58. The summed E-state index contributed by atoms with van der Waals surface area (Å²) < 4.78 is 19.3. The maximum Gasteiger partial charge on any atom is 0.264 e. The monoisotopic (exact) mass is 978 g/mol. The molecule has 3 aromatic heterocycles. The molecular formula is C51H54N12O9. The van der Waals surface area contributed by atoms with Gasteiger partial charge in [-0.05, 0) is 43.5 Å². The van der Waals surface area contributed by atoms with Gasteiger partial charge in [0, 0.05) is 105 Å². The summed E-state index contributed by atoms with van der Waals surface area (Å²) in [7, 11) is 0. The van der Waals surface area contributed by atoms with E-state index in [1.54, 1.807) is 24.4 Å². The topological polar surface area (TPSA) is 248 Å². The van der Waals surface area contributed by atoms with Crippen molar-refractivity contribution >= 4 is 80.0 Å². The van der Waals surface area contributed by atoms with Crippen molar-refractivity contribution in [2.75, 3.05) is 89.1 Å². The number of piperazine rings is 1. The normalized spacial score (nSPS) is 17.5. The van der Waals surface area contributed by atoms with E-state index in [2.05, 4.69) is 41.0 Å². The number of imide groups is 3. The number of hydrogen-bond donors (Lipinski definition) is 4. The number of piperidine rings is 1. The van der Waals surface area contributed by atoms with Gasteiger partial charge in [-0.2, -0.15) is 0 Å². The molecule has 21 nitrogen and oxygen atoms in total. The third-order valence-electron chi connectivity index (χ3n) is 13.2. The molecular weight excluding hydrogens is 925 g/mol. The molecule has 1 unspecified atom stereocenters. The Kier molecular flexibility index (Phi) is 14.5. The molecule has 1 atom stereocenters. The SMILES string of the molecule is O=C1CCC(N2C(=O)c3cccc(NCCOCCOCCc4cn(CCCCOCCN5CCN(c6nc(C7=C(c8c[nH]c9ccccc89)C(=O)NC7=O)c7ccccc7n6)CC5)nn4)c3C2=O)C(=O)N1. The molecule has 4 aliphatic heterocycles. The van der Waals surface area contributed by atoms with Crippen molar-refractivity contribution in [1.82, 2.24) is 50.4 Å². The van der Waals surface area contributed by atoms with E-state index in [-0.39, 0.29) is 29.5 Å². The number of nitrogens with one attached hydrogen (secondary N) is 4. The van der Waals surface area contributed by atoms with E-state index in [1.807, 2.05) is 59.4 Å². The molecule has 6 amide bonds. The predicted octanol–water partition coefficient (Wildman–Crippen LogP) is 2.98. The van der Waals surface area contributed by atoms with E-state index in [4.69, 9.17) is 24.2 Å². The number of amides is 6. The first kappa shape index (κ1) is 47.9. The standard InChI is InChI=1S/C51H54N12O9/c64-41-15-14-40(46(65)55-41)63-49(68)35-10-7-13-39(42(35)50(63)69)52-17-26-72-29-28-71-25-16-32-31-62(59-58-32)18-5-6-24-70-27-23-60-19-21-61(22-20-60)51-54-38-12-4-2-9-34(38)45(56-51)44-43(47(66)57-48(44)67)36-30-53-37-11-3-1-8-33(36)37/h1-4,7-13,30-31,40,52-53H,5-6,14-29H2,(H,55,64,65)(H,57,66,67). The van der Waals surface area contributed by atoms with Crippen molar-refractivity contribution in [3.8, 4) is 0 Å². The summed E-state index contributed by atoms with van der Waals surface area (Å²) in [5, 5.41) is 18.0. The molecule has 4 aliphatic rings. The van der Waals surface area contributed by atoms with Gasteiger partial charge in [0.1, 0.15) is 6.04 Å². The van der Waals surface area contributed by atoms with E-state index in [0.717, 1.165) is 60.5 Å². The van der Waals surface area contributed by atoms with Gasteiger partial charge in [0.05, 0.1) is 72.2 Å². The number of anilines is 2. The summed E-state index contributed by atoms with van der Waals surface area (Å²) in [6.07, 6.45) is 6.26. The minimum absolute atomic E-state index is 0.0587. The number of nitrogens with zero attached hydrogens (tertiary/aromatic N) is 8. The minimum atomic E-state index is -1.02. The smallest absolute Gasteiger partial charge is 0.264 e. The first-order chi connectivity index (χ1) is 35.2. The number of aryl methyl sites for hydroxylation is 1. The van der Waals surface area contributed by atoms with Crippen LogP contribution in [0.15, 0.2) is 79.1 Å². The molecule has 4 N–H and O–H groups in total. The Bertz CT molecular complexity index is 3090. The number of rotatable bonds is 22. The van der Waals surface area contributed by atoms with Crippen LogP contribution in [0.1, 0.15) is 63.4 Å². The van der Waals surface area contributed by atoms with Crippen LogP contribution in [-0.4, -0.2) is 160 Å². The molecule has 3 aromatic carbocycles. The van der Waals surface area contributed by atoms with Crippen LogP contribution < -0.4 is 20.9 Å². The first-order valence-corrected chi connectivity index (χ1v) is 24.3. The lowest BCUT2D eigenvalue weighted by Gasteiger charge is -2.34. The van der Waals surface area contributed by atoms with Crippen molar-refractivity contribution in [2.45, 2.75) is 44.7 Å². The van der Waals surface area contributed by atoms with Crippen molar-refractivity contribution in [2.24, 2.45) is 0 Å². The number of aromatic nitrogens is 6. The van der Waals surface area contributed by atoms with E-state index < -0.39 is 41.5 Å². The lowest BCUT2D eigenvalue weighted by Crippen LogP contribution is -2.54. The average Bonchev–Trinajstić information content (AvgIpc) is 4.16. The largest absolute Gasteiger partial charge is 0.382 e. The second kappa shape index (κ2) is 21.7. The number of aromatic amines is 1. The van der Waals surface area contributed by atoms with Crippen molar-refractivity contribution in [3.05, 3.63) is 107 Å². The van der Waals surface area contributed by atoms with Crippen LogP contribution in [0.3, 0.4) is 0 Å². The van der Waals surface area contributed by atoms with Crippen LogP contribution in [0.4, 0.5) is 11.6 Å². The van der Waals surface area contributed by atoms with Gasteiger partial charge in [0.2, 0.25) is 17.8 Å². The van der Waals surface area contributed by atoms with Gasteiger partial charge in [0.15, 0.2) is 0 Å². The fourth-order valence-electron chi connectivity index (χ4n) is 9.54. The number of unbranched alkanes of at least 4 members (excludes halogenated alkanes) is 1. The highest BCUT2D eigenvalue weighted by Crippen LogP contribution is 2.37. The first-order valence-electron chi connectivity index (χ1n) is 24.3. The zero-order valence-corrected chi connectivity index (χ0v) is 39.6. The van der Waals surface area contributed by atoms with Gasteiger partial charge in [0.25, 0.3) is 23.6 Å². The number of benzene rings is 3. The molecule has 0 saturated carbocycles. The van der Waals surface area contributed by atoms with E-state index in [1.165, 1.54) is 0 Å². The molecule has 6 aromatic rings. The molecule has 21 heteroatoms. The van der Waals surface area contributed by atoms with Crippen molar-refractivity contribution < 1.29 is 43.0 Å². The van der Waals surface area contributed by atoms with Gasteiger partial charge in [-0.25, -0.2) is 9.97 Å². The van der Waals surface area contributed by atoms with Crippen LogP contribution in [0.2, 0.25) is 0 Å². The maximum absolute atomic E-state index is 13.5. The number of carbonyl (C=O) groups is 6. The lowest BCUT2D eigenvalue weighted by molar-refractivity contribution is -0.136.